The van der Waals surface area contributed by atoms with Crippen LogP contribution in [0.15, 0.2) is 51.8 Å². The lowest BCUT2D eigenvalue weighted by Gasteiger charge is -2.09. The fourth-order valence-electron chi connectivity index (χ4n) is 2.27. The van der Waals surface area contributed by atoms with Gasteiger partial charge in [-0.2, -0.15) is 0 Å². The maximum absolute atomic E-state index is 12.1. The molecular weight excluding hydrogens is 418 g/mol. The second-order valence-electron chi connectivity index (χ2n) is 5.70. The minimum absolute atomic E-state index is 0.0641. The van der Waals surface area contributed by atoms with Gasteiger partial charge in [-0.1, -0.05) is 59.9 Å². The smallest absolute Gasteiger partial charge is 0.265 e. The van der Waals surface area contributed by atoms with E-state index >= 15 is 0 Å². The molecule has 3 nitrogen and oxygen atoms in total. The molecule has 3 rings (SSSR count). The van der Waals surface area contributed by atoms with Gasteiger partial charge < -0.3 is 4.74 Å². The topological polar surface area (TPSA) is 29.5 Å². The Balaban J connectivity index is 1.72. The summed E-state index contributed by atoms with van der Waals surface area (Å²) in [6.45, 7) is 2.57. The zero-order valence-corrected chi connectivity index (χ0v) is 17.0. The number of nitrogens with zero attached hydrogens (tertiary/aromatic N) is 1. The third kappa shape index (κ3) is 4.32. The number of amides is 1. The number of carbonyl (C=O) groups is 1. The molecule has 0 radical (unpaired) electrons. The van der Waals surface area contributed by atoms with Crippen LogP contribution in [0.2, 0.25) is 0 Å². The van der Waals surface area contributed by atoms with Gasteiger partial charge in [0.1, 0.15) is 16.7 Å². The van der Waals surface area contributed by atoms with Crippen LogP contribution in [0.4, 0.5) is 0 Å². The zero-order valence-electron chi connectivity index (χ0n) is 13.8. The molecule has 0 bridgehead atoms. The third-order valence-corrected chi connectivity index (χ3v) is 5.86. The van der Waals surface area contributed by atoms with Crippen molar-refractivity contribution in [2.24, 2.45) is 0 Å². The number of benzene rings is 2. The standard InChI is InChI=1S/C19H16BrNO2S2/c1-12-3-5-13(6-4-12)11-23-16-8-7-14(9-15(16)20)10-17-18(22)21(2)19(24)25-17/h3-10H,11H2,1-2H3. The maximum Gasteiger partial charge on any atom is 0.265 e. The summed E-state index contributed by atoms with van der Waals surface area (Å²) < 4.78 is 7.30. The molecule has 2 aromatic carbocycles. The van der Waals surface area contributed by atoms with Gasteiger partial charge in [0.15, 0.2) is 0 Å². The van der Waals surface area contributed by atoms with Crippen molar-refractivity contribution < 1.29 is 9.53 Å². The second-order valence-corrected chi connectivity index (χ2v) is 8.23. The largest absolute Gasteiger partial charge is 0.488 e. The summed E-state index contributed by atoms with van der Waals surface area (Å²) in [4.78, 5) is 14.2. The molecule has 0 unspecified atom stereocenters. The first-order valence-corrected chi connectivity index (χ1v) is 9.65. The summed E-state index contributed by atoms with van der Waals surface area (Å²) in [5, 5.41) is 0. The van der Waals surface area contributed by atoms with Gasteiger partial charge >= 0.3 is 0 Å². The van der Waals surface area contributed by atoms with Crippen LogP contribution in [0, 0.1) is 6.92 Å². The van der Waals surface area contributed by atoms with Crippen molar-refractivity contribution in [3.8, 4) is 5.75 Å². The molecule has 0 spiro atoms. The quantitative estimate of drug-likeness (QED) is 0.491. The van der Waals surface area contributed by atoms with Gasteiger partial charge in [-0.15, -0.1) is 0 Å². The Hall–Kier alpha value is -1.63. The van der Waals surface area contributed by atoms with Crippen molar-refractivity contribution in [2.45, 2.75) is 13.5 Å². The number of likely N-dealkylation sites (N-methyl/N-ethyl adjacent to an activating group) is 1. The van der Waals surface area contributed by atoms with Crippen LogP contribution >= 0.6 is 39.9 Å². The number of carbonyl (C=O) groups excluding carboxylic acids is 1. The number of ether oxygens (including phenoxy) is 1. The summed E-state index contributed by atoms with van der Waals surface area (Å²) in [6.07, 6.45) is 1.84. The second kappa shape index (κ2) is 7.72. The fourth-order valence-corrected chi connectivity index (χ4v) is 3.96. The Morgan fingerprint density at radius 2 is 1.96 bits per heavy atom. The van der Waals surface area contributed by atoms with E-state index in [9.17, 15) is 4.79 Å². The molecule has 25 heavy (non-hydrogen) atoms. The predicted octanol–water partition coefficient (Wildman–Crippen LogP) is 5.17. The number of rotatable bonds is 4. The van der Waals surface area contributed by atoms with Gasteiger partial charge in [0, 0.05) is 7.05 Å². The number of thioether (sulfide) groups is 1. The third-order valence-electron chi connectivity index (χ3n) is 3.76. The molecule has 0 aliphatic carbocycles. The number of halogens is 1. The lowest BCUT2D eigenvalue weighted by Crippen LogP contribution is -2.22. The van der Waals surface area contributed by atoms with Gasteiger partial charge in [0.25, 0.3) is 5.91 Å². The monoisotopic (exact) mass is 433 g/mol. The fraction of sp³-hybridized carbons (Fsp3) is 0.158. The Labute approximate surface area is 165 Å². The number of aryl methyl sites for hydroxylation is 1. The van der Waals surface area contributed by atoms with Crippen molar-refractivity contribution in [1.29, 1.82) is 0 Å². The van der Waals surface area contributed by atoms with Crippen LogP contribution in [-0.2, 0) is 11.4 Å². The molecule has 2 aromatic rings. The van der Waals surface area contributed by atoms with Crippen molar-refractivity contribution >= 4 is 56.2 Å². The van der Waals surface area contributed by atoms with E-state index in [0.717, 1.165) is 21.3 Å². The van der Waals surface area contributed by atoms with Crippen molar-refractivity contribution in [2.75, 3.05) is 7.05 Å². The van der Waals surface area contributed by atoms with E-state index in [1.54, 1.807) is 7.05 Å². The molecule has 6 heteroatoms. The molecule has 0 saturated carbocycles. The molecular formula is C19H16BrNO2S2. The van der Waals surface area contributed by atoms with E-state index in [1.165, 1.54) is 22.2 Å². The lowest BCUT2D eigenvalue weighted by atomic mass is 10.1. The van der Waals surface area contributed by atoms with Crippen molar-refractivity contribution in [3.63, 3.8) is 0 Å². The molecule has 0 atom stereocenters. The van der Waals surface area contributed by atoms with E-state index in [2.05, 4.69) is 47.1 Å². The van der Waals surface area contributed by atoms with Gasteiger partial charge in [-0.25, -0.2) is 0 Å². The highest BCUT2D eigenvalue weighted by molar-refractivity contribution is 9.10. The maximum atomic E-state index is 12.1. The normalized spacial score (nSPS) is 16.0. The van der Waals surface area contributed by atoms with E-state index in [0.29, 0.717) is 15.8 Å². The molecule has 1 heterocycles. The molecule has 1 saturated heterocycles. The Kier molecular flexibility index (Phi) is 5.61. The van der Waals surface area contributed by atoms with Crippen LogP contribution < -0.4 is 4.74 Å². The number of thiocarbonyl (C=S) groups is 1. The number of hydrogen-bond acceptors (Lipinski definition) is 4. The van der Waals surface area contributed by atoms with Crippen molar-refractivity contribution in [3.05, 3.63) is 68.5 Å². The molecule has 128 valence electrons. The highest BCUT2D eigenvalue weighted by atomic mass is 79.9. The molecule has 1 aliphatic heterocycles. The van der Waals surface area contributed by atoms with Gasteiger partial charge in [-0.05, 0) is 52.2 Å². The van der Waals surface area contributed by atoms with Gasteiger partial charge in [0.2, 0.25) is 0 Å². The summed E-state index contributed by atoms with van der Waals surface area (Å²) in [7, 11) is 1.69. The van der Waals surface area contributed by atoms with Crippen LogP contribution in [0.1, 0.15) is 16.7 Å². The molecule has 0 aromatic heterocycles. The first-order valence-electron chi connectivity index (χ1n) is 7.63. The average Bonchev–Trinajstić information content (AvgIpc) is 2.83. The number of hydrogen-bond donors (Lipinski definition) is 0. The van der Waals surface area contributed by atoms with Gasteiger partial charge in [-0.3, -0.25) is 9.69 Å². The Bertz CT molecular complexity index is 862. The average molecular weight is 434 g/mol. The van der Waals surface area contributed by atoms with E-state index < -0.39 is 0 Å². The summed E-state index contributed by atoms with van der Waals surface area (Å²) in [6, 6.07) is 14.0. The minimum Gasteiger partial charge on any atom is -0.488 e. The Morgan fingerprint density at radius 1 is 1.24 bits per heavy atom. The molecule has 0 N–H and O–H groups in total. The summed E-state index contributed by atoms with van der Waals surface area (Å²) >= 11 is 10.0. The van der Waals surface area contributed by atoms with E-state index in [1.807, 2.05) is 24.3 Å². The molecule has 1 fully saturated rings. The molecule has 1 amide bonds. The minimum atomic E-state index is -0.0641. The first kappa shape index (κ1) is 18.2. The van der Waals surface area contributed by atoms with Crippen LogP contribution in [0.25, 0.3) is 6.08 Å². The predicted molar refractivity (Wildman–Crippen MR) is 111 cm³/mol. The Morgan fingerprint density at radius 3 is 2.56 bits per heavy atom. The SMILES string of the molecule is Cc1ccc(COc2ccc(C=C3SC(=S)N(C)C3=O)cc2Br)cc1. The zero-order chi connectivity index (χ0) is 18.0. The molecule has 1 aliphatic rings. The van der Waals surface area contributed by atoms with E-state index in [-0.39, 0.29) is 5.91 Å². The van der Waals surface area contributed by atoms with E-state index in [4.69, 9.17) is 17.0 Å². The summed E-state index contributed by atoms with van der Waals surface area (Å²) in [5.41, 5.74) is 3.27. The van der Waals surface area contributed by atoms with Crippen molar-refractivity contribution in [1.82, 2.24) is 4.90 Å². The van der Waals surface area contributed by atoms with Gasteiger partial charge in [0.05, 0.1) is 9.38 Å². The highest BCUT2D eigenvalue weighted by Crippen LogP contribution is 2.33. The van der Waals surface area contributed by atoms with Crippen LogP contribution in [0.5, 0.6) is 5.75 Å². The lowest BCUT2D eigenvalue weighted by molar-refractivity contribution is -0.121. The summed E-state index contributed by atoms with van der Waals surface area (Å²) in [5.74, 6) is 0.701. The first-order chi connectivity index (χ1) is 11.9. The van der Waals surface area contributed by atoms with Crippen LogP contribution in [0.3, 0.4) is 0 Å². The van der Waals surface area contributed by atoms with Crippen LogP contribution in [-0.4, -0.2) is 22.2 Å². The highest BCUT2D eigenvalue weighted by Gasteiger charge is 2.28.